The molecular formula is C15H26N2O2. The molecule has 1 N–H and O–H groups in total. The van der Waals surface area contributed by atoms with Crippen LogP contribution in [0.5, 0.6) is 0 Å². The van der Waals surface area contributed by atoms with Crippen molar-refractivity contribution in [1.29, 1.82) is 0 Å². The van der Waals surface area contributed by atoms with Gasteiger partial charge in [-0.3, -0.25) is 0 Å². The predicted molar refractivity (Wildman–Crippen MR) is 78.4 cm³/mol. The van der Waals surface area contributed by atoms with Crippen molar-refractivity contribution in [2.24, 2.45) is 0 Å². The molecule has 1 heterocycles. The molecule has 0 spiro atoms. The summed E-state index contributed by atoms with van der Waals surface area (Å²) in [5.74, 6) is 0.919. The number of nitrogens with zero attached hydrogens (tertiary/aromatic N) is 1. The average molecular weight is 266 g/mol. The van der Waals surface area contributed by atoms with Crippen LogP contribution < -0.4 is 5.32 Å². The summed E-state index contributed by atoms with van der Waals surface area (Å²) in [5.41, 5.74) is 0.953. The first-order chi connectivity index (χ1) is 9.36. The second kappa shape index (κ2) is 10.8. The second-order valence-electron chi connectivity index (χ2n) is 4.46. The minimum Gasteiger partial charge on any atom is -0.379 e. The van der Waals surface area contributed by atoms with Crippen LogP contribution in [0.3, 0.4) is 0 Å². The van der Waals surface area contributed by atoms with Crippen LogP contribution in [-0.2, 0) is 16.1 Å². The zero-order valence-electron chi connectivity index (χ0n) is 12.2. The molecular weight excluding hydrogens is 240 g/mol. The number of nitrogens with one attached hydrogen (secondary N) is 1. The minimum atomic E-state index is 0.540. The lowest BCUT2D eigenvalue weighted by atomic mass is 10.3. The Morgan fingerprint density at radius 3 is 2.68 bits per heavy atom. The number of rotatable bonds is 11. The molecule has 1 aromatic rings. The van der Waals surface area contributed by atoms with E-state index in [4.69, 9.17) is 9.47 Å². The number of hydrogen-bond acceptors (Lipinski definition) is 4. The first-order valence-corrected chi connectivity index (χ1v) is 7.22. The monoisotopic (exact) mass is 266 g/mol. The van der Waals surface area contributed by atoms with Crippen molar-refractivity contribution < 1.29 is 9.47 Å². The highest BCUT2D eigenvalue weighted by Crippen LogP contribution is 2.06. The van der Waals surface area contributed by atoms with E-state index < -0.39 is 0 Å². The van der Waals surface area contributed by atoms with Gasteiger partial charge in [0, 0.05) is 13.2 Å². The summed E-state index contributed by atoms with van der Waals surface area (Å²) in [7, 11) is 0. The van der Waals surface area contributed by atoms with Gasteiger partial charge in [-0.25, -0.2) is 4.98 Å². The Morgan fingerprint density at radius 2 is 1.89 bits per heavy atom. The highest BCUT2D eigenvalue weighted by atomic mass is 16.5. The van der Waals surface area contributed by atoms with Gasteiger partial charge in [0.25, 0.3) is 0 Å². The van der Waals surface area contributed by atoms with E-state index in [9.17, 15) is 0 Å². The van der Waals surface area contributed by atoms with Gasteiger partial charge in [-0.15, -0.1) is 0 Å². The van der Waals surface area contributed by atoms with Crippen LogP contribution in [0, 0.1) is 0 Å². The molecule has 0 aliphatic heterocycles. The van der Waals surface area contributed by atoms with E-state index in [-0.39, 0.29) is 0 Å². The fraction of sp³-hybridized carbons (Fsp3) is 0.667. The quantitative estimate of drug-likeness (QED) is 0.624. The zero-order chi connectivity index (χ0) is 13.8. The van der Waals surface area contributed by atoms with E-state index in [2.05, 4.69) is 24.1 Å². The van der Waals surface area contributed by atoms with Crippen LogP contribution in [0.2, 0.25) is 0 Å². The van der Waals surface area contributed by atoms with Crippen LogP contribution in [0.4, 0.5) is 5.82 Å². The van der Waals surface area contributed by atoms with E-state index in [0.717, 1.165) is 37.5 Å². The summed E-state index contributed by atoms with van der Waals surface area (Å²) < 4.78 is 11.0. The summed E-state index contributed by atoms with van der Waals surface area (Å²) >= 11 is 0. The first kappa shape index (κ1) is 15.9. The van der Waals surface area contributed by atoms with E-state index >= 15 is 0 Å². The SMILES string of the molecule is CCCCOCCOCc1cccc(NCCC)n1. The molecule has 19 heavy (non-hydrogen) atoms. The van der Waals surface area contributed by atoms with E-state index in [1.165, 1.54) is 6.42 Å². The molecule has 0 fully saturated rings. The van der Waals surface area contributed by atoms with Gasteiger partial charge in [0.15, 0.2) is 0 Å². The van der Waals surface area contributed by atoms with Gasteiger partial charge in [-0.2, -0.15) is 0 Å². The molecule has 0 bridgehead atoms. The van der Waals surface area contributed by atoms with Gasteiger partial charge in [-0.1, -0.05) is 26.3 Å². The Kier molecular flexibility index (Phi) is 9.02. The van der Waals surface area contributed by atoms with Crippen molar-refractivity contribution in [2.45, 2.75) is 39.7 Å². The molecule has 0 atom stereocenters. The van der Waals surface area contributed by atoms with Gasteiger partial charge < -0.3 is 14.8 Å². The van der Waals surface area contributed by atoms with E-state index in [0.29, 0.717) is 19.8 Å². The molecule has 108 valence electrons. The smallest absolute Gasteiger partial charge is 0.126 e. The molecule has 0 radical (unpaired) electrons. The van der Waals surface area contributed by atoms with Crippen molar-refractivity contribution in [1.82, 2.24) is 4.98 Å². The summed E-state index contributed by atoms with van der Waals surface area (Å²) in [4.78, 5) is 4.48. The normalized spacial score (nSPS) is 10.6. The molecule has 1 rings (SSSR count). The molecule has 0 saturated carbocycles. The fourth-order valence-electron chi connectivity index (χ4n) is 1.55. The van der Waals surface area contributed by atoms with E-state index in [1.807, 2.05) is 18.2 Å². The Bertz CT molecular complexity index is 332. The first-order valence-electron chi connectivity index (χ1n) is 7.22. The van der Waals surface area contributed by atoms with Crippen LogP contribution in [0.15, 0.2) is 18.2 Å². The van der Waals surface area contributed by atoms with Crippen molar-refractivity contribution in [3.63, 3.8) is 0 Å². The van der Waals surface area contributed by atoms with Crippen LogP contribution in [-0.4, -0.2) is 31.3 Å². The zero-order valence-corrected chi connectivity index (χ0v) is 12.2. The lowest BCUT2D eigenvalue weighted by Gasteiger charge is -2.07. The maximum absolute atomic E-state index is 5.54. The highest BCUT2D eigenvalue weighted by Gasteiger charge is 1.98. The molecule has 4 heteroatoms. The third-order valence-corrected chi connectivity index (χ3v) is 2.63. The summed E-state index contributed by atoms with van der Waals surface area (Å²) in [6.07, 6.45) is 3.38. The van der Waals surface area contributed by atoms with Crippen molar-refractivity contribution in [2.75, 3.05) is 31.7 Å². The third-order valence-electron chi connectivity index (χ3n) is 2.63. The number of unbranched alkanes of at least 4 members (excludes halogenated alkanes) is 1. The molecule has 4 nitrogen and oxygen atoms in total. The van der Waals surface area contributed by atoms with Gasteiger partial charge in [0.2, 0.25) is 0 Å². The Hall–Kier alpha value is -1.13. The molecule has 0 aromatic carbocycles. The van der Waals surface area contributed by atoms with Crippen LogP contribution in [0.1, 0.15) is 38.8 Å². The number of aromatic nitrogens is 1. The topological polar surface area (TPSA) is 43.4 Å². The Morgan fingerprint density at radius 1 is 1.05 bits per heavy atom. The molecule has 0 unspecified atom stereocenters. The number of anilines is 1. The summed E-state index contributed by atoms with van der Waals surface area (Å²) in [6.45, 7) is 7.89. The molecule has 0 amide bonds. The largest absolute Gasteiger partial charge is 0.379 e. The van der Waals surface area contributed by atoms with Gasteiger partial charge >= 0.3 is 0 Å². The summed E-state index contributed by atoms with van der Waals surface area (Å²) in [6, 6.07) is 5.96. The Balaban J connectivity index is 2.14. The maximum atomic E-state index is 5.54. The third kappa shape index (κ3) is 7.80. The maximum Gasteiger partial charge on any atom is 0.126 e. The Labute approximate surface area is 116 Å². The molecule has 0 aliphatic carbocycles. The lowest BCUT2D eigenvalue weighted by molar-refractivity contribution is 0.0386. The predicted octanol–water partition coefficient (Wildman–Crippen LogP) is 3.24. The van der Waals surface area contributed by atoms with Crippen molar-refractivity contribution in [3.8, 4) is 0 Å². The van der Waals surface area contributed by atoms with E-state index in [1.54, 1.807) is 0 Å². The standard InChI is InChI=1S/C15H26N2O2/c1-3-5-10-18-11-12-19-13-14-7-6-8-15(17-14)16-9-4-2/h6-8H,3-5,9-13H2,1-2H3,(H,16,17). The molecule has 0 aliphatic rings. The second-order valence-corrected chi connectivity index (χ2v) is 4.46. The highest BCUT2D eigenvalue weighted by molar-refractivity contribution is 5.34. The number of hydrogen-bond donors (Lipinski definition) is 1. The van der Waals surface area contributed by atoms with Gasteiger partial charge in [0.05, 0.1) is 25.5 Å². The molecule has 1 aromatic heterocycles. The van der Waals surface area contributed by atoms with Crippen LogP contribution in [0.25, 0.3) is 0 Å². The van der Waals surface area contributed by atoms with Crippen molar-refractivity contribution >= 4 is 5.82 Å². The lowest BCUT2D eigenvalue weighted by Crippen LogP contribution is -2.07. The van der Waals surface area contributed by atoms with Crippen molar-refractivity contribution in [3.05, 3.63) is 23.9 Å². The average Bonchev–Trinajstić information content (AvgIpc) is 2.44. The molecule has 0 saturated heterocycles. The van der Waals surface area contributed by atoms with Gasteiger partial charge in [-0.05, 0) is 25.0 Å². The van der Waals surface area contributed by atoms with Crippen LogP contribution >= 0.6 is 0 Å². The number of ether oxygens (including phenoxy) is 2. The van der Waals surface area contributed by atoms with Gasteiger partial charge in [0.1, 0.15) is 5.82 Å². The summed E-state index contributed by atoms with van der Waals surface area (Å²) in [5, 5.41) is 3.27. The number of pyridine rings is 1. The minimum absolute atomic E-state index is 0.540. The fourth-order valence-corrected chi connectivity index (χ4v) is 1.55.